The molecule has 2 N–H and O–H groups in total. The van der Waals surface area contributed by atoms with Crippen LogP contribution in [-0.4, -0.2) is 0 Å². The van der Waals surface area contributed by atoms with E-state index in [4.69, 9.17) is 17.3 Å². The molecular weight excluding hydrogens is 165 g/mol. The van der Waals surface area contributed by atoms with Gasteiger partial charge in [0.25, 0.3) is 0 Å². The van der Waals surface area contributed by atoms with E-state index in [0.29, 0.717) is 5.69 Å². The largest absolute Gasteiger partial charge is 0.398 e. The summed E-state index contributed by atoms with van der Waals surface area (Å²) in [7, 11) is 0. The first-order valence-electron chi connectivity index (χ1n) is 3.40. The summed E-state index contributed by atoms with van der Waals surface area (Å²) in [6.45, 7) is 4.00. The Morgan fingerprint density at radius 2 is 1.91 bits per heavy atom. The van der Waals surface area contributed by atoms with E-state index >= 15 is 0 Å². The molecule has 1 nitrogen and oxygen atoms in total. The van der Waals surface area contributed by atoms with Crippen LogP contribution in [0.1, 0.15) is 13.8 Å². The molecule has 0 bridgehead atoms. The number of nitrogens with two attached hydrogens (primary N) is 1. The smallest absolute Gasteiger partial charge is 0.124 e. The molecular formula is C8H11ClFN. The summed E-state index contributed by atoms with van der Waals surface area (Å²) in [5, 5.41) is 0.259. The molecule has 0 saturated heterocycles. The Hall–Kier alpha value is -0.760. The fourth-order valence-corrected chi connectivity index (χ4v) is 0.669. The molecule has 0 amide bonds. The van der Waals surface area contributed by atoms with E-state index in [1.807, 2.05) is 13.8 Å². The molecule has 0 aliphatic carbocycles. The van der Waals surface area contributed by atoms with Crippen LogP contribution in [0, 0.1) is 5.82 Å². The Kier molecular flexibility index (Phi) is 4.62. The van der Waals surface area contributed by atoms with Crippen LogP contribution in [0.2, 0.25) is 5.02 Å². The normalized spacial score (nSPS) is 8.36. The molecule has 1 aromatic rings. The second-order valence-corrected chi connectivity index (χ2v) is 2.07. The third-order valence-electron chi connectivity index (χ3n) is 0.962. The highest BCUT2D eigenvalue weighted by Crippen LogP contribution is 2.18. The number of hydrogen-bond acceptors (Lipinski definition) is 1. The molecule has 0 radical (unpaired) electrons. The summed E-state index contributed by atoms with van der Waals surface area (Å²) in [5.74, 6) is -0.366. The predicted molar refractivity (Wildman–Crippen MR) is 47.2 cm³/mol. The summed E-state index contributed by atoms with van der Waals surface area (Å²) in [6, 6.07) is 3.87. The van der Waals surface area contributed by atoms with Crippen molar-refractivity contribution in [2.75, 3.05) is 5.73 Å². The van der Waals surface area contributed by atoms with Crippen molar-refractivity contribution in [3.63, 3.8) is 0 Å². The van der Waals surface area contributed by atoms with Gasteiger partial charge in [0.15, 0.2) is 0 Å². The molecule has 0 aromatic heterocycles. The van der Waals surface area contributed by atoms with Crippen LogP contribution in [0.15, 0.2) is 18.2 Å². The quantitative estimate of drug-likeness (QED) is 0.603. The highest BCUT2D eigenvalue weighted by molar-refractivity contribution is 6.33. The Morgan fingerprint density at radius 1 is 1.36 bits per heavy atom. The van der Waals surface area contributed by atoms with Gasteiger partial charge in [-0.05, 0) is 18.2 Å². The third kappa shape index (κ3) is 3.23. The fraction of sp³-hybridized carbons (Fsp3) is 0.250. The summed E-state index contributed by atoms with van der Waals surface area (Å²) < 4.78 is 12.2. The Labute approximate surface area is 71.0 Å². The van der Waals surface area contributed by atoms with Gasteiger partial charge in [-0.15, -0.1) is 0 Å². The lowest BCUT2D eigenvalue weighted by Gasteiger charge is -1.94. The van der Waals surface area contributed by atoms with E-state index in [9.17, 15) is 4.39 Å². The predicted octanol–water partition coefficient (Wildman–Crippen LogP) is 3.09. The molecule has 3 heteroatoms. The minimum absolute atomic E-state index is 0.259. The first-order chi connectivity index (χ1) is 5.20. The van der Waals surface area contributed by atoms with Crippen molar-refractivity contribution >= 4 is 17.3 Å². The molecule has 11 heavy (non-hydrogen) atoms. The van der Waals surface area contributed by atoms with Gasteiger partial charge in [-0.3, -0.25) is 0 Å². The van der Waals surface area contributed by atoms with Gasteiger partial charge in [-0.25, -0.2) is 4.39 Å². The van der Waals surface area contributed by atoms with Crippen molar-refractivity contribution in [1.82, 2.24) is 0 Å². The minimum atomic E-state index is -0.366. The molecule has 0 unspecified atom stereocenters. The second kappa shape index (κ2) is 4.97. The number of rotatable bonds is 0. The molecule has 0 heterocycles. The number of anilines is 1. The van der Waals surface area contributed by atoms with E-state index < -0.39 is 0 Å². The zero-order valence-electron chi connectivity index (χ0n) is 6.57. The van der Waals surface area contributed by atoms with Crippen LogP contribution in [0.4, 0.5) is 10.1 Å². The summed E-state index contributed by atoms with van der Waals surface area (Å²) in [5.41, 5.74) is 5.69. The maximum atomic E-state index is 12.2. The van der Waals surface area contributed by atoms with Crippen molar-refractivity contribution < 1.29 is 4.39 Å². The zero-order valence-corrected chi connectivity index (χ0v) is 7.32. The van der Waals surface area contributed by atoms with Gasteiger partial charge in [-0.2, -0.15) is 0 Å². The van der Waals surface area contributed by atoms with Gasteiger partial charge in [0.2, 0.25) is 0 Å². The Morgan fingerprint density at radius 3 is 2.27 bits per heavy atom. The van der Waals surface area contributed by atoms with Gasteiger partial charge >= 0.3 is 0 Å². The van der Waals surface area contributed by atoms with Crippen molar-refractivity contribution in [1.29, 1.82) is 0 Å². The van der Waals surface area contributed by atoms with Crippen LogP contribution in [0.5, 0.6) is 0 Å². The number of halogens is 2. The van der Waals surface area contributed by atoms with E-state index in [1.165, 1.54) is 18.2 Å². The number of hydrogen-bond donors (Lipinski definition) is 1. The van der Waals surface area contributed by atoms with Crippen LogP contribution >= 0.6 is 11.6 Å². The van der Waals surface area contributed by atoms with Gasteiger partial charge in [-0.1, -0.05) is 25.4 Å². The lowest BCUT2D eigenvalue weighted by Crippen LogP contribution is -1.85. The molecule has 1 rings (SSSR count). The van der Waals surface area contributed by atoms with Gasteiger partial charge in [0, 0.05) is 0 Å². The second-order valence-electron chi connectivity index (χ2n) is 1.67. The molecule has 0 saturated carbocycles. The molecule has 0 aliphatic heterocycles. The molecule has 0 atom stereocenters. The van der Waals surface area contributed by atoms with Crippen LogP contribution in [0.3, 0.4) is 0 Å². The van der Waals surface area contributed by atoms with Crippen molar-refractivity contribution in [3.05, 3.63) is 29.0 Å². The maximum absolute atomic E-state index is 12.2. The van der Waals surface area contributed by atoms with Crippen molar-refractivity contribution in [2.24, 2.45) is 0 Å². The third-order valence-corrected chi connectivity index (χ3v) is 1.29. The highest BCUT2D eigenvalue weighted by atomic mass is 35.5. The monoisotopic (exact) mass is 175 g/mol. The van der Waals surface area contributed by atoms with Crippen LogP contribution in [-0.2, 0) is 0 Å². The molecule has 0 fully saturated rings. The van der Waals surface area contributed by atoms with Crippen molar-refractivity contribution in [2.45, 2.75) is 13.8 Å². The lowest BCUT2D eigenvalue weighted by atomic mass is 10.3. The van der Waals surface area contributed by atoms with Crippen molar-refractivity contribution in [3.8, 4) is 0 Å². The maximum Gasteiger partial charge on any atom is 0.124 e. The highest BCUT2D eigenvalue weighted by Gasteiger charge is 1.94. The minimum Gasteiger partial charge on any atom is -0.398 e. The average molecular weight is 176 g/mol. The van der Waals surface area contributed by atoms with E-state index in [-0.39, 0.29) is 10.8 Å². The Balaban J connectivity index is 0.000000461. The lowest BCUT2D eigenvalue weighted by molar-refractivity contribution is 0.628. The summed E-state index contributed by atoms with van der Waals surface area (Å²) >= 11 is 5.45. The molecule has 1 aromatic carbocycles. The standard InChI is InChI=1S/C6H5ClFN.C2H6/c7-5-3-4(8)1-2-6(5)9;1-2/h1-3H,9H2;1-2H3. The molecule has 0 aliphatic rings. The summed E-state index contributed by atoms with van der Waals surface area (Å²) in [6.07, 6.45) is 0. The summed E-state index contributed by atoms with van der Waals surface area (Å²) in [4.78, 5) is 0. The van der Waals surface area contributed by atoms with E-state index in [1.54, 1.807) is 0 Å². The average Bonchev–Trinajstić information content (AvgIpc) is 2.02. The first kappa shape index (κ1) is 10.2. The molecule has 62 valence electrons. The zero-order chi connectivity index (χ0) is 8.85. The molecule has 0 spiro atoms. The SMILES string of the molecule is CC.Nc1ccc(F)cc1Cl. The Bertz CT molecular complexity index is 225. The number of benzene rings is 1. The van der Waals surface area contributed by atoms with Crippen LogP contribution in [0.25, 0.3) is 0 Å². The van der Waals surface area contributed by atoms with Gasteiger partial charge < -0.3 is 5.73 Å². The fourth-order valence-electron chi connectivity index (χ4n) is 0.502. The number of nitrogen functional groups attached to an aromatic ring is 1. The van der Waals surface area contributed by atoms with E-state index in [0.717, 1.165) is 0 Å². The first-order valence-corrected chi connectivity index (χ1v) is 3.78. The van der Waals surface area contributed by atoms with Gasteiger partial charge in [0.05, 0.1) is 10.7 Å². The van der Waals surface area contributed by atoms with Gasteiger partial charge in [0.1, 0.15) is 5.82 Å². The van der Waals surface area contributed by atoms with E-state index in [2.05, 4.69) is 0 Å². The van der Waals surface area contributed by atoms with Crippen LogP contribution < -0.4 is 5.73 Å². The topological polar surface area (TPSA) is 26.0 Å².